The molecule has 0 radical (unpaired) electrons. The van der Waals surface area contributed by atoms with Gasteiger partial charge < -0.3 is 13.9 Å². The average molecular weight is 397 g/mol. The molecule has 2 heterocycles. The van der Waals surface area contributed by atoms with Crippen molar-refractivity contribution in [2.24, 2.45) is 0 Å². The zero-order chi connectivity index (χ0) is 19.8. The normalized spacial score (nSPS) is 17.7. The van der Waals surface area contributed by atoms with E-state index in [2.05, 4.69) is 0 Å². The van der Waals surface area contributed by atoms with Gasteiger partial charge >= 0.3 is 5.63 Å². The zero-order valence-electron chi connectivity index (χ0n) is 15.3. The van der Waals surface area contributed by atoms with Gasteiger partial charge in [-0.15, -0.1) is 0 Å². The van der Waals surface area contributed by atoms with E-state index in [-0.39, 0.29) is 5.78 Å². The van der Waals surface area contributed by atoms with Gasteiger partial charge in [0.15, 0.2) is 6.10 Å². The topological polar surface area (TPSA) is 65.7 Å². The van der Waals surface area contributed by atoms with Gasteiger partial charge in [-0.1, -0.05) is 23.7 Å². The minimum atomic E-state index is -0.880. The molecule has 5 nitrogen and oxygen atoms in total. The number of carbonyl (C=O) groups is 1. The quantitative estimate of drug-likeness (QED) is 0.612. The van der Waals surface area contributed by atoms with Crippen LogP contribution in [-0.4, -0.2) is 19.0 Å². The van der Waals surface area contributed by atoms with Crippen LogP contribution in [-0.2, 0) is 0 Å². The maximum Gasteiger partial charge on any atom is 0.343 e. The number of Topliss-reactive ketones (excluding diaryl/α,β-unsaturated/α-hetero) is 1. The van der Waals surface area contributed by atoms with Crippen molar-refractivity contribution in [1.29, 1.82) is 0 Å². The molecule has 2 atom stereocenters. The van der Waals surface area contributed by atoms with Gasteiger partial charge in [-0.25, -0.2) is 4.79 Å². The van der Waals surface area contributed by atoms with E-state index in [4.69, 9.17) is 25.5 Å². The van der Waals surface area contributed by atoms with Crippen molar-refractivity contribution < 1.29 is 18.7 Å². The van der Waals surface area contributed by atoms with E-state index in [0.717, 1.165) is 5.56 Å². The molecule has 0 amide bonds. The van der Waals surface area contributed by atoms with Crippen LogP contribution in [0.1, 0.15) is 33.2 Å². The summed E-state index contributed by atoms with van der Waals surface area (Å²) in [5.74, 6) is 0.643. The summed E-state index contributed by atoms with van der Waals surface area (Å²) in [7, 11) is 1.56. The summed E-state index contributed by atoms with van der Waals surface area (Å²) in [5, 5.41) is 0.567. The third-order valence-electron chi connectivity index (χ3n) is 4.80. The Balaban J connectivity index is 1.81. The summed E-state index contributed by atoms with van der Waals surface area (Å²) < 4.78 is 16.4. The van der Waals surface area contributed by atoms with Crippen LogP contribution < -0.4 is 15.1 Å². The molecule has 0 spiro atoms. The van der Waals surface area contributed by atoms with Crippen LogP contribution in [0.3, 0.4) is 0 Å². The SMILES string of the molecule is COc1ccc(C(=O)C2Oc3cc(C)oc(=O)c3C2c2ccc(Cl)cc2)cc1. The molecule has 3 aromatic rings. The molecular weight excluding hydrogens is 380 g/mol. The fourth-order valence-electron chi connectivity index (χ4n) is 3.46. The second-order valence-corrected chi connectivity index (χ2v) is 7.02. The summed E-state index contributed by atoms with van der Waals surface area (Å²) >= 11 is 6.00. The molecule has 1 aliphatic heterocycles. The molecular formula is C22H17ClO5. The van der Waals surface area contributed by atoms with E-state index in [9.17, 15) is 9.59 Å². The van der Waals surface area contributed by atoms with Crippen molar-refractivity contribution in [3.8, 4) is 11.5 Å². The zero-order valence-corrected chi connectivity index (χ0v) is 16.0. The lowest BCUT2D eigenvalue weighted by molar-refractivity contribution is 0.0806. The summed E-state index contributed by atoms with van der Waals surface area (Å²) in [6.07, 6.45) is -0.880. The van der Waals surface area contributed by atoms with Crippen LogP contribution in [0.5, 0.6) is 11.5 Å². The highest BCUT2D eigenvalue weighted by molar-refractivity contribution is 6.30. The maximum absolute atomic E-state index is 13.2. The Labute approximate surface area is 166 Å². The summed E-state index contributed by atoms with van der Waals surface area (Å²) in [6.45, 7) is 1.67. The van der Waals surface area contributed by atoms with E-state index in [0.29, 0.717) is 33.4 Å². The van der Waals surface area contributed by atoms with Crippen LogP contribution in [0, 0.1) is 6.92 Å². The summed E-state index contributed by atoms with van der Waals surface area (Å²) in [6, 6.07) is 15.5. The number of ether oxygens (including phenoxy) is 2. The van der Waals surface area contributed by atoms with E-state index in [1.54, 1.807) is 68.6 Å². The molecule has 0 N–H and O–H groups in total. The smallest absolute Gasteiger partial charge is 0.343 e. The number of fused-ring (bicyclic) bond motifs is 1. The molecule has 0 aliphatic carbocycles. The lowest BCUT2D eigenvalue weighted by Crippen LogP contribution is -2.31. The van der Waals surface area contributed by atoms with Crippen LogP contribution in [0.4, 0.5) is 0 Å². The highest BCUT2D eigenvalue weighted by Gasteiger charge is 2.43. The van der Waals surface area contributed by atoms with Gasteiger partial charge in [0.05, 0.1) is 18.6 Å². The Morgan fingerprint density at radius 2 is 1.75 bits per heavy atom. The van der Waals surface area contributed by atoms with E-state index in [1.807, 2.05) is 0 Å². The molecule has 6 heteroatoms. The molecule has 1 aromatic heterocycles. The minimum Gasteiger partial charge on any atom is -0.497 e. The monoisotopic (exact) mass is 396 g/mol. The average Bonchev–Trinajstić information content (AvgIpc) is 3.07. The molecule has 2 unspecified atom stereocenters. The first kappa shape index (κ1) is 18.3. The van der Waals surface area contributed by atoms with Crippen LogP contribution >= 0.6 is 11.6 Å². The van der Waals surface area contributed by atoms with Crippen LogP contribution in [0.2, 0.25) is 5.02 Å². The molecule has 1 aliphatic rings. The number of hydrogen-bond acceptors (Lipinski definition) is 5. The Hall–Kier alpha value is -3.05. The van der Waals surface area contributed by atoms with Gasteiger partial charge in [0.1, 0.15) is 17.3 Å². The van der Waals surface area contributed by atoms with Crippen molar-refractivity contribution in [2.75, 3.05) is 7.11 Å². The van der Waals surface area contributed by atoms with Gasteiger partial charge in [0, 0.05) is 16.7 Å². The summed E-state index contributed by atoms with van der Waals surface area (Å²) in [4.78, 5) is 25.8. The van der Waals surface area contributed by atoms with Crippen molar-refractivity contribution in [3.05, 3.63) is 92.5 Å². The predicted octanol–water partition coefficient (Wildman–Crippen LogP) is 4.39. The van der Waals surface area contributed by atoms with Gasteiger partial charge in [0.25, 0.3) is 0 Å². The van der Waals surface area contributed by atoms with Gasteiger partial charge in [0.2, 0.25) is 5.78 Å². The number of benzene rings is 2. The van der Waals surface area contributed by atoms with E-state index >= 15 is 0 Å². The molecule has 2 aromatic carbocycles. The van der Waals surface area contributed by atoms with Crippen molar-refractivity contribution in [2.45, 2.75) is 18.9 Å². The number of ketones is 1. The number of hydrogen-bond donors (Lipinski definition) is 0. The molecule has 142 valence electrons. The predicted molar refractivity (Wildman–Crippen MR) is 105 cm³/mol. The van der Waals surface area contributed by atoms with Gasteiger partial charge in [-0.3, -0.25) is 4.79 Å². The fraction of sp³-hybridized carbons (Fsp3) is 0.182. The fourth-order valence-corrected chi connectivity index (χ4v) is 3.59. The second-order valence-electron chi connectivity index (χ2n) is 6.58. The van der Waals surface area contributed by atoms with E-state index in [1.165, 1.54) is 0 Å². The summed E-state index contributed by atoms with van der Waals surface area (Å²) in [5.41, 5.74) is 1.07. The third-order valence-corrected chi connectivity index (χ3v) is 5.06. The lowest BCUT2D eigenvalue weighted by Gasteiger charge is -2.18. The first-order chi connectivity index (χ1) is 13.5. The molecule has 0 saturated carbocycles. The second kappa shape index (κ2) is 7.17. The van der Waals surface area contributed by atoms with E-state index < -0.39 is 17.6 Å². The molecule has 4 rings (SSSR count). The third kappa shape index (κ3) is 3.18. The van der Waals surface area contributed by atoms with Crippen LogP contribution in [0.25, 0.3) is 0 Å². The Morgan fingerprint density at radius 1 is 1.07 bits per heavy atom. The number of halogens is 1. The minimum absolute atomic E-state index is 0.226. The largest absolute Gasteiger partial charge is 0.497 e. The number of aryl methyl sites for hydroxylation is 1. The van der Waals surface area contributed by atoms with Crippen molar-refractivity contribution in [1.82, 2.24) is 0 Å². The Kier molecular flexibility index (Phi) is 4.69. The molecule has 0 saturated heterocycles. The standard InChI is InChI=1S/C22H17ClO5/c1-12-11-17-19(22(25)27-12)18(13-3-7-15(23)8-4-13)21(28-17)20(24)14-5-9-16(26-2)10-6-14/h3-11,18,21H,1-2H3. The number of methoxy groups -OCH3 is 1. The number of rotatable bonds is 4. The lowest BCUT2D eigenvalue weighted by atomic mass is 9.85. The van der Waals surface area contributed by atoms with Crippen LogP contribution in [0.15, 0.2) is 63.8 Å². The highest BCUT2D eigenvalue weighted by atomic mass is 35.5. The Bertz CT molecular complexity index is 1080. The molecule has 0 bridgehead atoms. The number of carbonyl (C=O) groups excluding carboxylic acids is 1. The highest BCUT2D eigenvalue weighted by Crippen LogP contribution is 2.42. The Morgan fingerprint density at radius 3 is 2.39 bits per heavy atom. The van der Waals surface area contributed by atoms with Crippen molar-refractivity contribution >= 4 is 17.4 Å². The van der Waals surface area contributed by atoms with Gasteiger partial charge in [-0.05, 0) is 48.9 Å². The first-order valence-electron chi connectivity index (χ1n) is 8.73. The molecule has 0 fully saturated rings. The van der Waals surface area contributed by atoms with Gasteiger partial charge in [-0.2, -0.15) is 0 Å². The maximum atomic E-state index is 13.2. The molecule has 28 heavy (non-hydrogen) atoms. The van der Waals surface area contributed by atoms with Crippen molar-refractivity contribution in [3.63, 3.8) is 0 Å². The first-order valence-corrected chi connectivity index (χ1v) is 9.11.